The van der Waals surface area contributed by atoms with E-state index >= 15 is 0 Å². The van der Waals surface area contributed by atoms with Gasteiger partial charge in [-0.05, 0) is 18.2 Å². The quantitative estimate of drug-likeness (QED) is 0.468. The van der Waals surface area contributed by atoms with Gasteiger partial charge in [-0.15, -0.1) is 4.91 Å². The third-order valence-electron chi connectivity index (χ3n) is 2.39. The van der Waals surface area contributed by atoms with E-state index in [0.717, 1.165) is 5.01 Å². The van der Waals surface area contributed by atoms with E-state index in [-0.39, 0.29) is 11.4 Å². The van der Waals surface area contributed by atoms with Crippen LogP contribution in [-0.2, 0) is 0 Å². The summed E-state index contributed by atoms with van der Waals surface area (Å²) in [5.41, 5.74) is 0.450. The molecule has 0 aromatic heterocycles. The molecular weight excluding hydrogens is 234 g/mol. The van der Waals surface area contributed by atoms with Crippen molar-refractivity contribution in [1.29, 1.82) is 0 Å². The smallest absolute Gasteiger partial charge is 0.258 e. The number of hydrogen-bond acceptors (Lipinski definition) is 4. The molecule has 0 fully saturated rings. The van der Waals surface area contributed by atoms with E-state index in [2.05, 4.69) is 5.29 Å². The first-order chi connectivity index (χ1) is 8.74. The Balaban J connectivity index is 2.52. The van der Waals surface area contributed by atoms with Gasteiger partial charge in [-0.25, -0.2) is 0 Å². The number of hydrogen-bond donors (Lipinski definition) is 0. The molecule has 2 aromatic rings. The van der Waals surface area contributed by atoms with E-state index in [1.807, 2.05) is 0 Å². The average molecular weight is 243 g/mol. The van der Waals surface area contributed by atoms with E-state index < -0.39 is 4.92 Å². The van der Waals surface area contributed by atoms with Crippen LogP contribution in [0.15, 0.2) is 59.9 Å². The first-order valence-corrected chi connectivity index (χ1v) is 5.16. The summed E-state index contributed by atoms with van der Waals surface area (Å²) in [5, 5.41) is 14.8. The number of nitrogens with zero attached hydrogens (tertiary/aromatic N) is 3. The zero-order chi connectivity index (χ0) is 13.0. The molecule has 0 aliphatic carbocycles. The van der Waals surface area contributed by atoms with Crippen molar-refractivity contribution in [3.05, 3.63) is 69.6 Å². The monoisotopic (exact) mass is 243 g/mol. The van der Waals surface area contributed by atoms with Crippen LogP contribution in [0.4, 0.5) is 17.1 Å². The number of nitro benzene ring substituents is 1. The molecule has 6 nitrogen and oxygen atoms in total. The highest BCUT2D eigenvalue weighted by Crippen LogP contribution is 2.33. The van der Waals surface area contributed by atoms with Crippen molar-refractivity contribution in [3.8, 4) is 0 Å². The fraction of sp³-hybridized carbons (Fsp3) is 0. The van der Waals surface area contributed by atoms with Gasteiger partial charge in [0, 0.05) is 6.07 Å². The fourth-order valence-corrected chi connectivity index (χ4v) is 1.60. The highest BCUT2D eigenvalue weighted by molar-refractivity contribution is 5.71. The highest BCUT2D eigenvalue weighted by atomic mass is 16.6. The molecule has 6 heteroatoms. The van der Waals surface area contributed by atoms with Gasteiger partial charge in [0.2, 0.25) is 0 Å². The van der Waals surface area contributed by atoms with Crippen molar-refractivity contribution < 1.29 is 4.92 Å². The van der Waals surface area contributed by atoms with Gasteiger partial charge < -0.3 is 0 Å². The molecule has 0 heterocycles. The molecule has 0 aliphatic rings. The summed E-state index contributed by atoms with van der Waals surface area (Å²) in [6.07, 6.45) is 0. The maximum atomic E-state index is 10.9. The Morgan fingerprint density at radius 3 is 2.22 bits per heavy atom. The molecule has 0 spiro atoms. The lowest BCUT2D eigenvalue weighted by atomic mass is 10.2. The van der Waals surface area contributed by atoms with E-state index in [0.29, 0.717) is 5.69 Å². The van der Waals surface area contributed by atoms with Crippen LogP contribution >= 0.6 is 0 Å². The largest absolute Gasteiger partial charge is 0.295 e. The van der Waals surface area contributed by atoms with Gasteiger partial charge in [0.05, 0.1) is 15.9 Å². The van der Waals surface area contributed by atoms with Crippen LogP contribution in [0, 0.1) is 15.0 Å². The van der Waals surface area contributed by atoms with Crippen molar-refractivity contribution in [2.24, 2.45) is 5.29 Å². The van der Waals surface area contributed by atoms with Crippen LogP contribution in [0.25, 0.3) is 0 Å². The summed E-state index contributed by atoms with van der Waals surface area (Å²) >= 11 is 0. The van der Waals surface area contributed by atoms with E-state index in [1.54, 1.807) is 36.4 Å². The SMILES string of the molecule is O=NN(c1ccccc1)c1ccccc1[N+](=O)[O-]. The van der Waals surface area contributed by atoms with Gasteiger partial charge in [-0.3, -0.25) is 10.1 Å². The molecule has 2 rings (SSSR count). The molecular formula is C12H9N3O3. The minimum absolute atomic E-state index is 0.142. The Hall–Kier alpha value is -2.76. The van der Waals surface area contributed by atoms with Gasteiger partial charge in [0.15, 0.2) is 0 Å². The van der Waals surface area contributed by atoms with Crippen LogP contribution in [0.2, 0.25) is 0 Å². The molecule has 0 amide bonds. The van der Waals surface area contributed by atoms with E-state index in [9.17, 15) is 15.0 Å². The molecule has 0 radical (unpaired) electrons. The van der Waals surface area contributed by atoms with Crippen molar-refractivity contribution in [2.75, 3.05) is 5.01 Å². The highest BCUT2D eigenvalue weighted by Gasteiger charge is 2.20. The average Bonchev–Trinajstić information content (AvgIpc) is 2.41. The maximum Gasteiger partial charge on any atom is 0.295 e. The summed E-state index contributed by atoms with van der Waals surface area (Å²) in [6, 6.07) is 14.5. The molecule has 0 atom stereocenters. The van der Waals surface area contributed by atoms with Crippen molar-refractivity contribution in [3.63, 3.8) is 0 Å². The minimum atomic E-state index is -0.545. The van der Waals surface area contributed by atoms with Crippen LogP contribution in [0.1, 0.15) is 0 Å². The Bertz CT molecular complexity index is 572. The predicted octanol–water partition coefficient (Wildman–Crippen LogP) is 3.41. The molecule has 18 heavy (non-hydrogen) atoms. The van der Waals surface area contributed by atoms with Gasteiger partial charge in [0.1, 0.15) is 5.69 Å². The zero-order valence-electron chi connectivity index (χ0n) is 9.26. The Kier molecular flexibility index (Phi) is 3.29. The normalized spacial score (nSPS) is 9.78. The van der Waals surface area contributed by atoms with Gasteiger partial charge in [-0.2, -0.15) is 5.01 Å². The second-order valence-electron chi connectivity index (χ2n) is 3.47. The molecule has 0 saturated carbocycles. The molecule has 0 saturated heterocycles. The molecule has 0 N–H and O–H groups in total. The standard InChI is InChI=1S/C12H9N3O3/c16-13-14(10-6-2-1-3-7-10)11-8-4-5-9-12(11)15(17)18/h1-9H. The predicted molar refractivity (Wildman–Crippen MR) is 67.5 cm³/mol. The third-order valence-corrected chi connectivity index (χ3v) is 2.39. The van der Waals surface area contributed by atoms with Crippen LogP contribution < -0.4 is 5.01 Å². The molecule has 0 aliphatic heterocycles. The lowest BCUT2D eigenvalue weighted by Gasteiger charge is -2.14. The number of nitroso groups, excluding NO2 is 1. The number of nitro groups is 1. The van der Waals surface area contributed by atoms with Gasteiger partial charge >= 0.3 is 0 Å². The molecule has 0 unspecified atom stereocenters. The number of rotatable bonds is 4. The van der Waals surface area contributed by atoms with Crippen molar-refractivity contribution in [1.82, 2.24) is 0 Å². The Morgan fingerprint density at radius 1 is 1.00 bits per heavy atom. The third kappa shape index (κ3) is 2.17. The van der Waals surface area contributed by atoms with Crippen LogP contribution in [0.5, 0.6) is 0 Å². The summed E-state index contributed by atoms with van der Waals surface area (Å²) in [6.45, 7) is 0. The summed E-state index contributed by atoms with van der Waals surface area (Å²) in [5.74, 6) is 0. The lowest BCUT2D eigenvalue weighted by molar-refractivity contribution is -0.384. The van der Waals surface area contributed by atoms with Crippen LogP contribution in [0.3, 0.4) is 0 Å². The maximum absolute atomic E-state index is 10.9. The van der Waals surface area contributed by atoms with Gasteiger partial charge in [-0.1, -0.05) is 30.3 Å². The first kappa shape index (κ1) is 11.7. The fourth-order valence-electron chi connectivity index (χ4n) is 1.60. The first-order valence-electron chi connectivity index (χ1n) is 5.16. The summed E-state index contributed by atoms with van der Waals surface area (Å²) in [4.78, 5) is 21.3. The van der Waals surface area contributed by atoms with Gasteiger partial charge in [0.25, 0.3) is 5.69 Å². The minimum Gasteiger partial charge on any atom is -0.258 e. The number of benzene rings is 2. The second kappa shape index (κ2) is 5.05. The second-order valence-corrected chi connectivity index (χ2v) is 3.47. The van der Waals surface area contributed by atoms with E-state index in [4.69, 9.17) is 0 Å². The van der Waals surface area contributed by atoms with E-state index in [1.165, 1.54) is 18.2 Å². The topological polar surface area (TPSA) is 75.8 Å². The number of anilines is 2. The Labute approximate surface area is 103 Å². The molecule has 0 bridgehead atoms. The van der Waals surface area contributed by atoms with Crippen molar-refractivity contribution in [2.45, 2.75) is 0 Å². The van der Waals surface area contributed by atoms with Crippen molar-refractivity contribution >= 4 is 17.1 Å². The molecule has 90 valence electrons. The zero-order valence-corrected chi connectivity index (χ0v) is 9.26. The van der Waals surface area contributed by atoms with Crippen LogP contribution in [-0.4, -0.2) is 4.92 Å². The Morgan fingerprint density at radius 2 is 1.61 bits per heavy atom. The lowest BCUT2D eigenvalue weighted by Crippen LogP contribution is -2.09. The number of para-hydroxylation sites is 3. The molecule has 2 aromatic carbocycles. The summed E-state index contributed by atoms with van der Waals surface area (Å²) < 4.78 is 0. The summed E-state index contributed by atoms with van der Waals surface area (Å²) in [7, 11) is 0.